The van der Waals surface area contributed by atoms with Crippen molar-refractivity contribution >= 4 is 35.2 Å². The molecule has 1 spiro atoms. The molecule has 0 aliphatic carbocycles. The Morgan fingerprint density at radius 1 is 0.919 bits per heavy atom. The summed E-state index contributed by atoms with van der Waals surface area (Å²) in [5.41, 5.74) is 2.40. The summed E-state index contributed by atoms with van der Waals surface area (Å²) in [7, 11) is 0. The van der Waals surface area contributed by atoms with E-state index in [0.29, 0.717) is 54.6 Å². The normalized spacial score (nSPS) is 19.2. The number of nitrogens with zero attached hydrogens (tertiary/aromatic N) is 3. The number of fused-ring (bicyclic) bond motifs is 1. The third-order valence-corrected chi connectivity index (χ3v) is 8.19. The lowest BCUT2D eigenvalue weighted by molar-refractivity contribution is -0.00114. The molecular weight excluding hydrogens is 490 g/mol. The van der Waals surface area contributed by atoms with E-state index in [9.17, 15) is 14.4 Å². The first-order valence-corrected chi connectivity index (χ1v) is 13.4. The van der Waals surface area contributed by atoms with E-state index >= 15 is 0 Å². The molecule has 2 saturated heterocycles. The molecule has 0 bridgehead atoms. The molecule has 0 unspecified atom stereocenters. The highest BCUT2D eigenvalue weighted by atomic mass is 35.5. The van der Waals surface area contributed by atoms with Gasteiger partial charge in [-0.25, -0.2) is 4.79 Å². The molecule has 3 aliphatic heterocycles. The van der Waals surface area contributed by atoms with Crippen molar-refractivity contribution in [3.63, 3.8) is 0 Å². The highest BCUT2D eigenvalue weighted by Crippen LogP contribution is 2.42. The number of benzene rings is 2. The largest absolute Gasteiger partial charge is 0.444 e. The Kier molecular flexibility index (Phi) is 6.69. The number of likely N-dealkylation sites (tertiary alicyclic amines) is 2. The Labute approximate surface area is 223 Å². The average molecular weight is 524 g/mol. The van der Waals surface area contributed by atoms with E-state index in [-0.39, 0.29) is 23.3 Å². The van der Waals surface area contributed by atoms with Gasteiger partial charge in [-0.2, -0.15) is 0 Å². The van der Waals surface area contributed by atoms with Gasteiger partial charge in [0.15, 0.2) is 0 Å². The molecule has 0 saturated carbocycles. The SMILES string of the molecule is CC(C)(C)OC(=O)N1CCC2(CC1)CCN(C(=O)c1cccc(N3Cc4cccc(Cl)c4C3=O)c1)CC2. The summed E-state index contributed by atoms with van der Waals surface area (Å²) in [6.45, 7) is 8.88. The summed E-state index contributed by atoms with van der Waals surface area (Å²) in [6.07, 6.45) is 3.49. The summed E-state index contributed by atoms with van der Waals surface area (Å²) in [5, 5.41) is 0.455. The van der Waals surface area contributed by atoms with Crippen molar-refractivity contribution in [3.8, 4) is 0 Å². The molecule has 5 rings (SSSR count). The number of anilines is 1. The van der Waals surface area contributed by atoms with Crippen LogP contribution >= 0.6 is 11.6 Å². The number of halogens is 1. The van der Waals surface area contributed by atoms with Crippen LogP contribution in [0.4, 0.5) is 10.5 Å². The van der Waals surface area contributed by atoms with Gasteiger partial charge in [0.1, 0.15) is 5.60 Å². The molecule has 3 amide bonds. The van der Waals surface area contributed by atoms with Crippen LogP contribution in [0.1, 0.15) is 72.7 Å². The van der Waals surface area contributed by atoms with Crippen molar-refractivity contribution in [1.29, 1.82) is 0 Å². The number of hydrogen-bond donors (Lipinski definition) is 0. The van der Waals surface area contributed by atoms with Crippen molar-refractivity contribution in [2.75, 3.05) is 31.1 Å². The Morgan fingerprint density at radius 3 is 2.16 bits per heavy atom. The standard InChI is InChI=1S/C29H34ClN3O4/c1-28(2,3)37-27(36)32-16-12-29(13-17-32)10-14-31(15-11-29)25(34)20-6-4-8-22(18-20)33-19-21-7-5-9-23(30)24(21)26(33)35/h4-9,18H,10-17,19H2,1-3H3. The first kappa shape index (κ1) is 25.6. The number of piperidine rings is 2. The maximum atomic E-state index is 13.4. The summed E-state index contributed by atoms with van der Waals surface area (Å²) in [5.74, 6) is -0.145. The lowest BCUT2D eigenvalue weighted by atomic mass is 9.71. The second-order valence-corrected chi connectivity index (χ2v) is 11.9. The van der Waals surface area contributed by atoms with Gasteiger partial charge >= 0.3 is 6.09 Å². The first-order valence-electron chi connectivity index (χ1n) is 13.0. The molecule has 8 heteroatoms. The van der Waals surface area contributed by atoms with Gasteiger partial charge in [0.25, 0.3) is 11.8 Å². The zero-order chi connectivity index (χ0) is 26.4. The van der Waals surface area contributed by atoms with E-state index in [1.807, 2.05) is 67.0 Å². The maximum absolute atomic E-state index is 13.4. The van der Waals surface area contributed by atoms with Crippen LogP contribution in [0.5, 0.6) is 0 Å². The van der Waals surface area contributed by atoms with E-state index in [1.165, 1.54) is 0 Å². The van der Waals surface area contributed by atoms with Crippen molar-refractivity contribution in [3.05, 3.63) is 64.2 Å². The predicted molar refractivity (Wildman–Crippen MR) is 143 cm³/mol. The monoisotopic (exact) mass is 523 g/mol. The second kappa shape index (κ2) is 9.67. The van der Waals surface area contributed by atoms with Gasteiger partial charge in [0, 0.05) is 37.4 Å². The molecule has 0 radical (unpaired) electrons. The van der Waals surface area contributed by atoms with E-state index < -0.39 is 5.60 Å². The van der Waals surface area contributed by atoms with Gasteiger partial charge in [-0.1, -0.05) is 29.8 Å². The molecular formula is C29H34ClN3O4. The molecule has 3 aliphatic rings. The van der Waals surface area contributed by atoms with Crippen molar-refractivity contribution in [1.82, 2.24) is 9.80 Å². The van der Waals surface area contributed by atoms with Crippen molar-refractivity contribution < 1.29 is 19.1 Å². The van der Waals surface area contributed by atoms with Crippen LogP contribution in [0.15, 0.2) is 42.5 Å². The quantitative estimate of drug-likeness (QED) is 0.502. The van der Waals surface area contributed by atoms with Crippen LogP contribution in [0, 0.1) is 5.41 Å². The molecule has 2 fully saturated rings. The number of ether oxygens (including phenoxy) is 1. The lowest BCUT2D eigenvalue weighted by Crippen LogP contribution is -2.50. The zero-order valence-electron chi connectivity index (χ0n) is 21.8. The van der Waals surface area contributed by atoms with Gasteiger partial charge in [-0.05, 0) is 81.7 Å². The minimum atomic E-state index is -0.492. The lowest BCUT2D eigenvalue weighted by Gasteiger charge is -2.46. The highest BCUT2D eigenvalue weighted by molar-refractivity contribution is 6.35. The van der Waals surface area contributed by atoms with E-state index in [4.69, 9.17) is 16.3 Å². The van der Waals surface area contributed by atoms with Gasteiger partial charge in [0.2, 0.25) is 0 Å². The molecule has 2 aromatic carbocycles. The van der Waals surface area contributed by atoms with Crippen LogP contribution in [-0.2, 0) is 11.3 Å². The van der Waals surface area contributed by atoms with Crippen LogP contribution in [0.25, 0.3) is 0 Å². The highest BCUT2D eigenvalue weighted by Gasteiger charge is 2.40. The van der Waals surface area contributed by atoms with Gasteiger partial charge < -0.3 is 19.4 Å². The van der Waals surface area contributed by atoms with Crippen molar-refractivity contribution in [2.45, 2.75) is 58.6 Å². The predicted octanol–water partition coefficient (Wildman–Crippen LogP) is 5.75. The third kappa shape index (κ3) is 5.19. The smallest absolute Gasteiger partial charge is 0.410 e. The number of carbonyl (C=O) groups is 3. The summed E-state index contributed by atoms with van der Waals surface area (Å²) in [4.78, 5) is 44.3. The van der Waals surface area contributed by atoms with Gasteiger partial charge in [-0.15, -0.1) is 0 Å². The summed E-state index contributed by atoms with van der Waals surface area (Å²) in [6, 6.07) is 12.8. The fraction of sp³-hybridized carbons (Fsp3) is 0.483. The Hall–Kier alpha value is -3.06. The number of rotatable bonds is 2. The number of carbonyl (C=O) groups excluding carboxylic acids is 3. The molecule has 2 aromatic rings. The Balaban J connectivity index is 1.20. The zero-order valence-corrected chi connectivity index (χ0v) is 22.5. The maximum Gasteiger partial charge on any atom is 0.410 e. The van der Waals surface area contributed by atoms with Gasteiger partial charge in [0.05, 0.1) is 17.1 Å². The Morgan fingerprint density at radius 2 is 1.54 bits per heavy atom. The van der Waals surface area contributed by atoms with Crippen LogP contribution < -0.4 is 4.90 Å². The molecule has 0 aromatic heterocycles. The molecule has 0 N–H and O–H groups in total. The molecule has 7 nitrogen and oxygen atoms in total. The van der Waals surface area contributed by atoms with Gasteiger partial charge in [-0.3, -0.25) is 9.59 Å². The molecule has 3 heterocycles. The summed E-state index contributed by atoms with van der Waals surface area (Å²) >= 11 is 6.28. The van der Waals surface area contributed by atoms with E-state index in [2.05, 4.69) is 0 Å². The fourth-order valence-electron chi connectivity index (χ4n) is 5.69. The first-order chi connectivity index (χ1) is 17.6. The third-order valence-electron chi connectivity index (χ3n) is 7.88. The fourth-order valence-corrected chi connectivity index (χ4v) is 5.96. The minimum absolute atomic E-state index is 0.00918. The number of hydrogen-bond acceptors (Lipinski definition) is 4. The minimum Gasteiger partial charge on any atom is -0.444 e. The van der Waals surface area contributed by atoms with Crippen LogP contribution in [-0.4, -0.2) is 59.5 Å². The van der Waals surface area contributed by atoms with E-state index in [0.717, 1.165) is 31.2 Å². The summed E-state index contributed by atoms with van der Waals surface area (Å²) < 4.78 is 5.53. The van der Waals surface area contributed by atoms with Crippen LogP contribution in [0.2, 0.25) is 5.02 Å². The number of amides is 3. The van der Waals surface area contributed by atoms with Crippen LogP contribution in [0.3, 0.4) is 0 Å². The molecule has 37 heavy (non-hydrogen) atoms. The second-order valence-electron chi connectivity index (χ2n) is 11.5. The molecule has 0 atom stereocenters. The van der Waals surface area contributed by atoms with E-state index in [1.54, 1.807) is 11.0 Å². The Bertz CT molecular complexity index is 1220. The average Bonchev–Trinajstić information content (AvgIpc) is 3.21. The molecule has 196 valence electrons. The van der Waals surface area contributed by atoms with Crippen molar-refractivity contribution in [2.24, 2.45) is 5.41 Å². The topological polar surface area (TPSA) is 70.2 Å².